The Hall–Kier alpha value is -1.16. The lowest BCUT2D eigenvalue weighted by Gasteiger charge is -2.28. The third-order valence-corrected chi connectivity index (χ3v) is 4.58. The molecule has 0 fully saturated rings. The molecule has 0 atom stereocenters. The fourth-order valence-electron chi connectivity index (χ4n) is 2.28. The van der Waals surface area contributed by atoms with E-state index in [4.69, 9.17) is 5.73 Å². The minimum Gasteiger partial charge on any atom is -0.507 e. The third kappa shape index (κ3) is 5.24. The lowest BCUT2D eigenvalue weighted by Crippen LogP contribution is -2.17. The quantitative estimate of drug-likeness (QED) is 0.802. The zero-order valence-corrected chi connectivity index (χ0v) is 15.4. The van der Waals surface area contributed by atoms with Gasteiger partial charge in [-0.2, -0.15) is 11.8 Å². The van der Waals surface area contributed by atoms with Crippen LogP contribution in [0.2, 0.25) is 0 Å². The van der Waals surface area contributed by atoms with Crippen LogP contribution in [-0.2, 0) is 21.4 Å². The number of thioether (sulfide) groups is 1. The number of hydrogen-bond donors (Lipinski definition) is 2. The summed E-state index contributed by atoms with van der Waals surface area (Å²) < 4.78 is 0. The maximum Gasteiger partial charge on any atom is 0.218 e. The Bertz CT molecular complexity index is 504. The molecule has 0 saturated carbocycles. The van der Waals surface area contributed by atoms with Crippen molar-refractivity contribution in [2.24, 2.45) is 5.73 Å². The summed E-state index contributed by atoms with van der Waals surface area (Å²) in [5.74, 6) is 1.70. The molecule has 0 spiro atoms. The summed E-state index contributed by atoms with van der Waals surface area (Å²) in [6, 6.07) is 4.17. The summed E-state index contributed by atoms with van der Waals surface area (Å²) in [5, 5.41) is 10.7. The SMILES string of the molecule is CC(C)(C)c1cc(CSCCC(N)=O)cc(C(C)(C)C)c1O. The van der Waals surface area contributed by atoms with Crippen molar-refractivity contribution in [3.8, 4) is 5.75 Å². The molecule has 0 saturated heterocycles. The fourth-order valence-corrected chi connectivity index (χ4v) is 3.18. The summed E-state index contributed by atoms with van der Waals surface area (Å²) in [6.07, 6.45) is 0.404. The van der Waals surface area contributed by atoms with Crippen LogP contribution in [0.15, 0.2) is 12.1 Å². The van der Waals surface area contributed by atoms with E-state index in [9.17, 15) is 9.90 Å². The molecule has 0 radical (unpaired) electrons. The van der Waals surface area contributed by atoms with Gasteiger partial charge in [0.2, 0.25) is 5.91 Å². The molecular formula is C18H29NO2S. The fraction of sp³-hybridized carbons (Fsp3) is 0.611. The van der Waals surface area contributed by atoms with Gasteiger partial charge < -0.3 is 10.8 Å². The number of carbonyl (C=O) groups is 1. The van der Waals surface area contributed by atoms with Gasteiger partial charge in [0.1, 0.15) is 5.75 Å². The van der Waals surface area contributed by atoms with Crippen molar-refractivity contribution in [1.29, 1.82) is 0 Å². The van der Waals surface area contributed by atoms with Crippen molar-refractivity contribution >= 4 is 17.7 Å². The molecule has 0 unspecified atom stereocenters. The molecule has 1 aromatic rings. The van der Waals surface area contributed by atoms with E-state index in [-0.39, 0.29) is 16.7 Å². The Morgan fingerprint density at radius 2 is 1.55 bits per heavy atom. The van der Waals surface area contributed by atoms with Gasteiger partial charge in [0, 0.05) is 17.9 Å². The Morgan fingerprint density at radius 1 is 1.09 bits per heavy atom. The Morgan fingerprint density at radius 3 is 1.91 bits per heavy atom. The Kier molecular flexibility index (Phi) is 5.96. The van der Waals surface area contributed by atoms with Gasteiger partial charge in [0.25, 0.3) is 0 Å². The van der Waals surface area contributed by atoms with Crippen LogP contribution in [0.4, 0.5) is 0 Å². The van der Waals surface area contributed by atoms with E-state index in [1.165, 1.54) is 5.56 Å². The summed E-state index contributed by atoms with van der Waals surface area (Å²) in [4.78, 5) is 10.8. The molecule has 1 rings (SSSR count). The molecule has 0 heterocycles. The van der Waals surface area contributed by atoms with Crippen molar-refractivity contribution in [3.63, 3.8) is 0 Å². The largest absolute Gasteiger partial charge is 0.507 e. The number of nitrogens with two attached hydrogens (primary N) is 1. The smallest absolute Gasteiger partial charge is 0.218 e. The highest BCUT2D eigenvalue weighted by Crippen LogP contribution is 2.40. The van der Waals surface area contributed by atoms with Gasteiger partial charge in [-0.05, 0) is 27.5 Å². The van der Waals surface area contributed by atoms with E-state index in [2.05, 4.69) is 53.7 Å². The molecule has 4 heteroatoms. The lowest BCUT2D eigenvalue weighted by atomic mass is 9.78. The van der Waals surface area contributed by atoms with Crippen LogP contribution < -0.4 is 5.73 Å². The minimum atomic E-state index is -0.260. The normalized spacial score (nSPS) is 12.5. The van der Waals surface area contributed by atoms with Crippen LogP contribution in [0.25, 0.3) is 0 Å². The molecule has 0 aliphatic carbocycles. The molecule has 0 aromatic heterocycles. The van der Waals surface area contributed by atoms with Crippen molar-refractivity contribution in [2.75, 3.05) is 5.75 Å². The van der Waals surface area contributed by atoms with Crippen molar-refractivity contribution < 1.29 is 9.90 Å². The first-order valence-corrected chi connectivity index (χ1v) is 8.81. The van der Waals surface area contributed by atoms with Crippen molar-refractivity contribution in [1.82, 2.24) is 0 Å². The van der Waals surface area contributed by atoms with Gasteiger partial charge in [-0.1, -0.05) is 53.7 Å². The Balaban J connectivity index is 3.10. The van der Waals surface area contributed by atoms with Crippen LogP contribution >= 0.6 is 11.8 Å². The first kappa shape index (κ1) is 18.9. The van der Waals surface area contributed by atoms with E-state index in [0.717, 1.165) is 22.6 Å². The number of phenols is 1. The maximum absolute atomic E-state index is 10.8. The van der Waals surface area contributed by atoms with Gasteiger partial charge in [-0.3, -0.25) is 4.79 Å². The second-order valence-corrected chi connectivity index (χ2v) is 8.91. The summed E-state index contributed by atoms with van der Waals surface area (Å²) in [5.41, 5.74) is 8.08. The second-order valence-electron chi connectivity index (χ2n) is 7.81. The molecule has 124 valence electrons. The van der Waals surface area contributed by atoms with Crippen LogP contribution in [0.3, 0.4) is 0 Å². The van der Waals surface area contributed by atoms with Gasteiger partial charge in [-0.25, -0.2) is 0 Å². The van der Waals surface area contributed by atoms with E-state index in [1.807, 2.05) is 0 Å². The highest BCUT2D eigenvalue weighted by Gasteiger charge is 2.26. The summed E-state index contributed by atoms with van der Waals surface area (Å²) in [6.45, 7) is 12.7. The number of aromatic hydroxyl groups is 1. The Labute approximate surface area is 138 Å². The van der Waals surface area contributed by atoms with E-state index >= 15 is 0 Å². The first-order valence-electron chi connectivity index (χ1n) is 7.66. The van der Waals surface area contributed by atoms with Crippen LogP contribution in [-0.4, -0.2) is 16.8 Å². The van der Waals surface area contributed by atoms with Gasteiger partial charge in [0.15, 0.2) is 0 Å². The molecule has 1 amide bonds. The topological polar surface area (TPSA) is 63.3 Å². The molecule has 0 bridgehead atoms. The molecule has 3 N–H and O–H groups in total. The molecule has 22 heavy (non-hydrogen) atoms. The van der Waals surface area contributed by atoms with Crippen molar-refractivity contribution in [2.45, 2.75) is 64.5 Å². The number of primary amides is 1. The molecule has 1 aromatic carbocycles. The monoisotopic (exact) mass is 323 g/mol. The zero-order chi connectivity index (χ0) is 17.1. The number of amides is 1. The molecule has 0 aliphatic heterocycles. The molecule has 3 nitrogen and oxygen atoms in total. The average molecular weight is 324 g/mol. The van der Waals surface area contributed by atoms with E-state index < -0.39 is 0 Å². The van der Waals surface area contributed by atoms with Crippen LogP contribution in [0, 0.1) is 0 Å². The van der Waals surface area contributed by atoms with E-state index in [0.29, 0.717) is 12.2 Å². The standard InChI is InChI=1S/C18H29NO2S/c1-17(2,3)13-9-12(11-22-8-7-15(19)20)10-14(16(13)21)18(4,5)6/h9-10,21H,7-8,11H2,1-6H3,(H2,19,20). The third-order valence-electron chi connectivity index (χ3n) is 3.55. The van der Waals surface area contributed by atoms with Gasteiger partial charge in [0.05, 0.1) is 0 Å². The zero-order valence-electron chi connectivity index (χ0n) is 14.6. The van der Waals surface area contributed by atoms with Crippen LogP contribution in [0.5, 0.6) is 5.75 Å². The lowest BCUT2D eigenvalue weighted by molar-refractivity contribution is -0.117. The van der Waals surface area contributed by atoms with E-state index in [1.54, 1.807) is 11.8 Å². The number of carbonyl (C=O) groups excluding carboxylic acids is 1. The predicted octanol–water partition coefficient (Wildman–Crippen LogP) is 4.10. The predicted molar refractivity (Wildman–Crippen MR) is 95.5 cm³/mol. The highest BCUT2D eigenvalue weighted by atomic mass is 32.2. The van der Waals surface area contributed by atoms with Crippen LogP contribution in [0.1, 0.15) is 64.7 Å². The minimum absolute atomic E-state index is 0.113. The highest BCUT2D eigenvalue weighted by molar-refractivity contribution is 7.98. The maximum atomic E-state index is 10.8. The molecule has 0 aliphatic rings. The summed E-state index contributed by atoms with van der Waals surface area (Å²) in [7, 11) is 0. The average Bonchev–Trinajstić information content (AvgIpc) is 2.33. The number of hydrogen-bond acceptors (Lipinski definition) is 3. The molecular weight excluding hydrogens is 294 g/mol. The second kappa shape index (κ2) is 6.95. The number of benzene rings is 1. The summed E-state index contributed by atoms with van der Waals surface area (Å²) >= 11 is 1.70. The van der Waals surface area contributed by atoms with Crippen molar-refractivity contribution in [3.05, 3.63) is 28.8 Å². The number of phenolic OH excluding ortho intramolecular Hbond substituents is 1. The number of rotatable bonds is 5. The first-order chi connectivity index (χ1) is 9.93. The van der Waals surface area contributed by atoms with Gasteiger partial charge >= 0.3 is 0 Å². The van der Waals surface area contributed by atoms with Gasteiger partial charge in [-0.15, -0.1) is 0 Å².